The number of anilines is 1. The molecule has 8 heteroatoms. The summed E-state index contributed by atoms with van der Waals surface area (Å²) in [4.78, 5) is 25.1. The molecule has 0 bridgehead atoms. The van der Waals surface area contributed by atoms with Gasteiger partial charge in [0.05, 0.1) is 12.0 Å². The standard InChI is InChI=1S/C23H17NO6S/c1-29-18-10-12-19(13-11-18)31(27,28)24-17-8-6-15(7-9-17)22(25)20-14-16-4-2-3-5-21(16)30-23(20)26/h2-14,24H,1H3. The molecular weight excluding hydrogens is 418 g/mol. The van der Waals surface area contributed by atoms with Crippen LogP contribution in [0.3, 0.4) is 0 Å². The van der Waals surface area contributed by atoms with Crippen molar-refractivity contribution in [2.45, 2.75) is 4.90 Å². The molecule has 0 saturated heterocycles. The van der Waals surface area contributed by atoms with Crippen molar-refractivity contribution in [2.75, 3.05) is 11.8 Å². The Morgan fingerprint density at radius 3 is 2.29 bits per heavy atom. The summed E-state index contributed by atoms with van der Waals surface area (Å²) in [6, 6.07) is 20.1. The summed E-state index contributed by atoms with van der Waals surface area (Å²) >= 11 is 0. The molecule has 4 aromatic rings. The Morgan fingerprint density at radius 1 is 0.935 bits per heavy atom. The lowest BCUT2D eigenvalue weighted by molar-refractivity contribution is 0.103. The maximum absolute atomic E-state index is 12.8. The maximum atomic E-state index is 12.8. The van der Waals surface area contributed by atoms with E-state index in [0.29, 0.717) is 16.7 Å². The van der Waals surface area contributed by atoms with Crippen LogP contribution in [-0.4, -0.2) is 21.3 Å². The number of ether oxygens (including phenoxy) is 1. The Bertz CT molecular complexity index is 1420. The van der Waals surface area contributed by atoms with E-state index in [-0.39, 0.29) is 21.7 Å². The number of fused-ring (bicyclic) bond motifs is 1. The number of carbonyl (C=O) groups is 1. The normalized spacial score (nSPS) is 11.3. The first kappa shape index (κ1) is 20.4. The fourth-order valence-corrected chi connectivity index (χ4v) is 4.09. The number of nitrogens with one attached hydrogen (secondary N) is 1. The smallest absolute Gasteiger partial charge is 0.347 e. The van der Waals surface area contributed by atoms with Crippen molar-refractivity contribution >= 4 is 32.5 Å². The molecule has 0 amide bonds. The molecule has 3 aromatic carbocycles. The minimum absolute atomic E-state index is 0.0715. The second kappa shape index (κ2) is 8.08. The fourth-order valence-electron chi connectivity index (χ4n) is 3.03. The van der Waals surface area contributed by atoms with Crippen molar-refractivity contribution in [3.05, 3.63) is 100 Å². The number of hydrogen-bond donors (Lipinski definition) is 1. The van der Waals surface area contributed by atoms with Crippen LogP contribution in [0.4, 0.5) is 5.69 Å². The van der Waals surface area contributed by atoms with Crippen LogP contribution >= 0.6 is 0 Å². The number of benzene rings is 3. The van der Waals surface area contributed by atoms with Gasteiger partial charge in [-0.05, 0) is 60.7 Å². The number of rotatable bonds is 6. The van der Waals surface area contributed by atoms with E-state index in [2.05, 4.69) is 4.72 Å². The fraction of sp³-hybridized carbons (Fsp3) is 0.0435. The van der Waals surface area contributed by atoms with E-state index in [1.54, 1.807) is 36.4 Å². The monoisotopic (exact) mass is 435 g/mol. The average Bonchev–Trinajstić information content (AvgIpc) is 2.78. The van der Waals surface area contributed by atoms with Crippen molar-refractivity contribution in [1.29, 1.82) is 0 Å². The molecule has 0 saturated carbocycles. The number of ketones is 1. The quantitative estimate of drug-likeness (QED) is 0.365. The molecule has 0 aliphatic rings. The van der Waals surface area contributed by atoms with Crippen molar-refractivity contribution in [2.24, 2.45) is 0 Å². The molecule has 31 heavy (non-hydrogen) atoms. The maximum Gasteiger partial charge on any atom is 0.347 e. The lowest BCUT2D eigenvalue weighted by Crippen LogP contribution is -2.15. The van der Waals surface area contributed by atoms with Crippen molar-refractivity contribution < 1.29 is 22.4 Å². The molecule has 4 rings (SSSR count). The van der Waals surface area contributed by atoms with Gasteiger partial charge >= 0.3 is 5.63 Å². The molecule has 0 fully saturated rings. The summed E-state index contributed by atoms with van der Waals surface area (Å²) in [5.41, 5.74) is 0.0819. The third kappa shape index (κ3) is 4.19. The van der Waals surface area contributed by atoms with E-state index in [0.717, 1.165) is 0 Å². The predicted molar refractivity (Wildman–Crippen MR) is 116 cm³/mol. The Kier molecular flexibility index (Phi) is 5.31. The van der Waals surface area contributed by atoms with Crippen molar-refractivity contribution in [3.63, 3.8) is 0 Å². The Labute approximate surface area is 178 Å². The topological polar surface area (TPSA) is 103 Å². The van der Waals surface area contributed by atoms with E-state index >= 15 is 0 Å². The highest BCUT2D eigenvalue weighted by molar-refractivity contribution is 7.92. The first-order chi connectivity index (χ1) is 14.9. The van der Waals surface area contributed by atoms with Gasteiger partial charge in [-0.3, -0.25) is 9.52 Å². The molecule has 0 radical (unpaired) electrons. The van der Waals surface area contributed by atoms with Crippen LogP contribution < -0.4 is 15.1 Å². The molecule has 1 heterocycles. The summed E-state index contributed by atoms with van der Waals surface area (Å²) in [5, 5.41) is 0.634. The third-order valence-electron chi connectivity index (χ3n) is 4.66. The highest BCUT2D eigenvalue weighted by Crippen LogP contribution is 2.21. The third-order valence-corrected chi connectivity index (χ3v) is 6.05. The van der Waals surface area contributed by atoms with Gasteiger partial charge in [0, 0.05) is 16.6 Å². The van der Waals surface area contributed by atoms with Gasteiger partial charge < -0.3 is 9.15 Å². The molecule has 0 aliphatic carbocycles. The van der Waals surface area contributed by atoms with Crippen LogP contribution in [0.5, 0.6) is 5.75 Å². The van der Waals surface area contributed by atoms with E-state index < -0.39 is 21.4 Å². The Balaban J connectivity index is 1.57. The van der Waals surface area contributed by atoms with Crippen LogP contribution in [-0.2, 0) is 10.0 Å². The first-order valence-electron chi connectivity index (χ1n) is 9.22. The molecule has 1 N–H and O–H groups in total. The van der Waals surface area contributed by atoms with E-state index in [1.807, 2.05) is 0 Å². The molecule has 0 atom stereocenters. The molecule has 0 spiro atoms. The first-order valence-corrected chi connectivity index (χ1v) is 10.7. The summed E-state index contributed by atoms with van der Waals surface area (Å²) in [6.45, 7) is 0. The molecule has 0 unspecified atom stereocenters. The zero-order valence-electron chi connectivity index (χ0n) is 16.4. The molecule has 156 valence electrons. The highest BCUT2D eigenvalue weighted by atomic mass is 32.2. The SMILES string of the molecule is COc1ccc(S(=O)(=O)Nc2ccc(C(=O)c3cc4ccccc4oc3=O)cc2)cc1. The predicted octanol–water partition coefficient (Wildman–Crippen LogP) is 3.83. The minimum Gasteiger partial charge on any atom is -0.497 e. The Morgan fingerprint density at radius 2 is 1.61 bits per heavy atom. The molecule has 7 nitrogen and oxygen atoms in total. The van der Waals surface area contributed by atoms with E-state index in [9.17, 15) is 18.0 Å². The van der Waals surface area contributed by atoms with Crippen LogP contribution in [0.1, 0.15) is 15.9 Å². The van der Waals surface area contributed by atoms with E-state index in [4.69, 9.17) is 9.15 Å². The van der Waals surface area contributed by atoms with Gasteiger partial charge in [-0.1, -0.05) is 18.2 Å². The largest absolute Gasteiger partial charge is 0.497 e. The van der Waals surface area contributed by atoms with Crippen LogP contribution in [0.15, 0.2) is 93.0 Å². The van der Waals surface area contributed by atoms with Crippen molar-refractivity contribution in [1.82, 2.24) is 0 Å². The summed E-state index contributed by atoms with van der Waals surface area (Å²) in [5.74, 6) is 0.0315. The number of hydrogen-bond acceptors (Lipinski definition) is 6. The number of carbonyl (C=O) groups excluding carboxylic acids is 1. The summed E-state index contributed by atoms with van der Waals surface area (Å²) in [6.07, 6.45) is 0. The van der Waals surface area contributed by atoms with Gasteiger partial charge in [0.2, 0.25) is 0 Å². The Hall–Kier alpha value is -3.91. The molecule has 0 aliphatic heterocycles. The van der Waals surface area contributed by atoms with Crippen molar-refractivity contribution in [3.8, 4) is 5.75 Å². The average molecular weight is 435 g/mol. The number of para-hydroxylation sites is 1. The van der Waals surface area contributed by atoms with E-state index in [1.165, 1.54) is 49.6 Å². The highest BCUT2D eigenvalue weighted by Gasteiger charge is 2.17. The number of methoxy groups -OCH3 is 1. The molecule has 1 aromatic heterocycles. The van der Waals surface area contributed by atoms with Crippen LogP contribution in [0, 0.1) is 0 Å². The summed E-state index contributed by atoms with van der Waals surface area (Å²) in [7, 11) is -2.32. The second-order valence-corrected chi connectivity index (χ2v) is 8.36. The van der Waals surface area contributed by atoms with Gasteiger partial charge in [0.25, 0.3) is 10.0 Å². The lowest BCUT2D eigenvalue weighted by Gasteiger charge is -2.09. The summed E-state index contributed by atoms with van der Waals surface area (Å²) < 4.78 is 37.8. The van der Waals surface area contributed by atoms with Gasteiger partial charge in [0.1, 0.15) is 16.9 Å². The minimum atomic E-state index is -3.81. The second-order valence-electron chi connectivity index (χ2n) is 6.67. The van der Waals surface area contributed by atoms with Gasteiger partial charge in [0.15, 0.2) is 5.78 Å². The van der Waals surface area contributed by atoms with Crippen LogP contribution in [0.25, 0.3) is 11.0 Å². The van der Waals surface area contributed by atoms with Crippen LogP contribution in [0.2, 0.25) is 0 Å². The number of sulfonamides is 1. The molecular formula is C23H17NO6S. The lowest BCUT2D eigenvalue weighted by atomic mass is 10.0. The zero-order chi connectivity index (χ0) is 22.0. The zero-order valence-corrected chi connectivity index (χ0v) is 17.2. The van der Waals surface area contributed by atoms with Gasteiger partial charge in [-0.2, -0.15) is 0 Å². The van der Waals surface area contributed by atoms with Gasteiger partial charge in [-0.25, -0.2) is 13.2 Å². The van der Waals surface area contributed by atoms with Gasteiger partial charge in [-0.15, -0.1) is 0 Å².